The number of halogens is 2. The summed E-state index contributed by atoms with van der Waals surface area (Å²) < 4.78 is 0. The number of carbonyl (C=O) groups is 2. The lowest BCUT2D eigenvalue weighted by molar-refractivity contribution is -0.384. The lowest BCUT2D eigenvalue weighted by Crippen LogP contribution is -2.41. The molecule has 2 N–H and O–H groups in total. The molecule has 9 heteroatoms. The quantitative estimate of drug-likeness (QED) is 0.590. The smallest absolute Gasteiger partial charge is 0.288 e. The van der Waals surface area contributed by atoms with Gasteiger partial charge in [0.15, 0.2) is 0 Å². The third-order valence-electron chi connectivity index (χ3n) is 3.59. The highest BCUT2D eigenvalue weighted by atomic mass is 35.5. The van der Waals surface area contributed by atoms with E-state index in [0.717, 1.165) is 11.6 Å². The van der Waals surface area contributed by atoms with Gasteiger partial charge in [-0.1, -0.05) is 29.3 Å². The molecule has 2 aromatic rings. The van der Waals surface area contributed by atoms with Gasteiger partial charge in [0.05, 0.1) is 4.92 Å². The van der Waals surface area contributed by atoms with Crippen LogP contribution in [0.3, 0.4) is 0 Å². The molecule has 2 amide bonds. The van der Waals surface area contributed by atoms with Gasteiger partial charge in [0, 0.05) is 22.3 Å². The summed E-state index contributed by atoms with van der Waals surface area (Å²) in [7, 11) is 0. The number of nitro groups is 1. The number of carbonyl (C=O) groups excluding carboxylic acids is 2. The van der Waals surface area contributed by atoms with Crippen molar-refractivity contribution >= 4 is 46.4 Å². The third kappa shape index (κ3) is 4.71. The molecule has 0 saturated carbocycles. The van der Waals surface area contributed by atoms with Crippen molar-refractivity contribution in [3.63, 3.8) is 0 Å². The Morgan fingerprint density at radius 1 is 1.12 bits per heavy atom. The van der Waals surface area contributed by atoms with E-state index in [4.69, 9.17) is 23.2 Å². The maximum atomic E-state index is 12.2. The number of aryl methyl sites for hydroxylation is 1. The molecule has 0 aliphatic carbocycles. The average Bonchev–Trinajstić information content (AvgIpc) is 2.58. The maximum Gasteiger partial charge on any atom is 0.288 e. The molecule has 0 fully saturated rings. The van der Waals surface area contributed by atoms with Crippen LogP contribution in [-0.2, 0) is 4.79 Å². The second kappa shape index (κ2) is 8.16. The van der Waals surface area contributed by atoms with Crippen molar-refractivity contribution in [3.8, 4) is 0 Å². The second-order valence-corrected chi connectivity index (χ2v) is 6.39. The molecule has 26 heavy (non-hydrogen) atoms. The Morgan fingerprint density at radius 2 is 1.81 bits per heavy atom. The number of nitro benzene ring substituents is 1. The topological polar surface area (TPSA) is 101 Å². The predicted molar refractivity (Wildman–Crippen MR) is 99.9 cm³/mol. The van der Waals surface area contributed by atoms with Gasteiger partial charge in [-0.25, -0.2) is 0 Å². The Morgan fingerprint density at radius 3 is 2.42 bits per heavy atom. The summed E-state index contributed by atoms with van der Waals surface area (Å²) in [6.07, 6.45) is 0. The van der Waals surface area contributed by atoms with Gasteiger partial charge < -0.3 is 10.6 Å². The van der Waals surface area contributed by atoms with Crippen molar-refractivity contribution in [1.82, 2.24) is 5.32 Å². The lowest BCUT2D eigenvalue weighted by Gasteiger charge is -2.14. The first-order valence-electron chi connectivity index (χ1n) is 7.51. The predicted octanol–water partition coefficient (Wildman–Crippen LogP) is 3.97. The summed E-state index contributed by atoms with van der Waals surface area (Å²) in [4.78, 5) is 34.6. The van der Waals surface area contributed by atoms with Crippen LogP contribution in [0.15, 0.2) is 36.4 Å². The SMILES string of the molecule is Cc1ccc(NC(=O)[C@H](C)NC(=O)c2ccc(Cl)c([N+](=O)[O-])c2)cc1Cl. The zero-order chi connectivity index (χ0) is 19.4. The van der Waals surface area contributed by atoms with Gasteiger partial charge in [0.25, 0.3) is 11.6 Å². The molecule has 136 valence electrons. The van der Waals surface area contributed by atoms with E-state index in [1.54, 1.807) is 18.2 Å². The van der Waals surface area contributed by atoms with Crippen molar-refractivity contribution < 1.29 is 14.5 Å². The first-order valence-corrected chi connectivity index (χ1v) is 8.26. The van der Waals surface area contributed by atoms with Crippen LogP contribution >= 0.6 is 23.2 Å². The fourth-order valence-electron chi connectivity index (χ4n) is 2.06. The summed E-state index contributed by atoms with van der Waals surface area (Å²) in [6.45, 7) is 3.33. The Labute approximate surface area is 159 Å². The lowest BCUT2D eigenvalue weighted by atomic mass is 10.1. The summed E-state index contributed by atoms with van der Waals surface area (Å²) in [6, 6.07) is 7.83. The molecule has 0 spiro atoms. The van der Waals surface area contributed by atoms with Gasteiger partial charge in [0.2, 0.25) is 5.91 Å². The molecule has 1 atom stereocenters. The molecule has 0 bridgehead atoms. The van der Waals surface area contributed by atoms with E-state index < -0.39 is 22.8 Å². The molecule has 2 aromatic carbocycles. The summed E-state index contributed by atoms with van der Waals surface area (Å²) in [5, 5.41) is 16.4. The van der Waals surface area contributed by atoms with E-state index >= 15 is 0 Å². The number of anilines is 1. The highest BCUT2D eigenvalue weighted by molar-refractivity contribution is 6.32. The van der Waals surface area contributed by atoms with Crippen molar-refractivity contribution in [1.29, 1.82) is 0 Å². The van der Waals surface area contributed by atoms with Crippen LogP contribution in [-0.4, -0.2) is 22.8 Å². The molecule has 0 heterocycles. The van der Waals surface area contributed by atoms with E-state index in [2.05, 4.69) is 10.6 Å². The van der Waals surface area contributed by atoms with Crippen molar-refractivity contribution in [2.75, 3.05) is 5.32 Å². The first-order chi connectivity index (χ1) is 12.2. The van der Waals surface area contributed by atoms with Gasteiger partial charge >= 0.3 is 0 Å². The zero-order valence-electron chi connectivity index (χ0n) is 13.9. The number of nitrogens with zero attached hydrogens (tertiary/aromatic N) is 1. The molecule has 0 radical (unpaired) electrons. The Balaban J connectivity index is 2.06. The number of hydrogen-bond donors (Lipinski definition) is 2. The van der Waals surface area contributed by atoms with E-state index in [9.17, 15) is 19.7 Å². The van der Waals surface area contributed by atoms with Crippen molar-refractivity contribution in [2.24, 2.45) is 0 Å². The molecule has 0 aromatic heterocycles. The van der Waals surface area contributed by atoms with Crippen LogP contribution in [0.4, 0.5) is 11.4 Å². The number of benzene rings is 2. The average molecular weight is 396 g/mol. The molecular weight excluding hydrogens is 381 g/mol. The standard InChI is InChI=1S/C17H15Cl2N3O4/c1-9-3-5-12(8-14(9)19)21-16(23)10(2)20-17(24)11-4-6-13(18)15(7-11)22(25)26/h3-8,10H,1-2H3,(H,20,24)(H,21,23)/t10-/m0/s1. The monoisotopic (exact) mass is 395 g/mol. The van der Waals surface area contributed by atoms with Gasteiger partial charge in [-0.2, -0.15) is 0 Å². The third-order valence-corrected chi connectivity index (χ3v) is 4.31. The van der Waals surface area contributed by atoms with E-state index in [0.29, 0.717) is 10.7 Å². The van der Waals surface area contributed by atoms with E-state index in [1.807, 2.05) is 6.92 Å². The van der Waals surface area contributed by atoms with Crippen molar-refractivity contribution in [2.45, 2.75) is 19.9 Å². The fraction of sp³-hybridized carbons (Fsp3) is 0.176. The minimum absolute atomic E-state index is 0.0270. The Kier molecular flexibility index (Phi) is 6.18. The molecule has 0 aliphatic heterocycles. The first kappa shape index (κ1) is 19.7. The van der Waals surface area contributed by atoms with Gasteiger partial charge in [-0.3, -0.25) is 19.7 Å². The summed E-state index contributed by atoms with van der Waals surface area (Å²) in [5.41, 5.74) is 1.01. The number of nitrogens with one attached hydrogen (secondary N) is 2. The molecule has 0 unspecified atom stereocenters. The minimum Gasteiger partial charge on any atom is -0.341 e. The second-order valence-electron chi connectivity index (χ2n) is 5.57. The number of rotatable bonds is 5. The van der Waals surface area contributed by atoms with Crippen LogP contribution in [0.1, 0.15) is 22.8 Å². The maximum absolute atomic E-state index is 12.2. The van der Waals surface area contributed by atoms with Crippen LogP contribution in [0.5, 0.6) is 0 Å². The Hall–Kier alpha value is -2.64. The van der Waals surface area contributed by atoms with E-state index in [1.165, 1.54) is 19.1 Å². The van der Waals surface area contributed by atoms with Crippen LogP contribution in [0, 0.1) is 17.0 Å². The molecular formula is C17H15Cl2N3O4. The zero-order valence-corrected chi connectivity index (χ0v) is 15.4. The van der Waals surface area contributed by atoms with Crippen LogP contribution in [0.2, 0.25) is 10.0 Å². The molecule has 0 aliphatic rings. The van der Waals surface area contributed by atoms with E-state index in [-0.39, 0.29) is 16.3 Å². The Bertz CT molecular complexity index is 886. The number of amides is 2. The van der Waals surface area contributed by atoms with Crippen LogP contribution < -0.4 is 10.6 Å². The van der Waals surface area contributed by atoms with Gasteiger partial charge in [0.1, 0.15) is 11.1 Å². The molecule has 2 rings (SSSR count). The normalized spacial score (nSPS) is 11.5. The van der Waals surface area contributed by atoms with Gasteiger partial charge in [-0.05, 0) is 43.7 Å². The molecule has 7 nitrogen and oxygen atoms in total. The summed E-state index contributed by atoms with van der Waals surface area (Å²) in [5.74, 6) is -1.09. The minimum atomic E-state index is -0.877. The highest BCUT2D eigenvalue weighted by Crippen LogP contribution is 2.25. The largest absolute Gasteiger partial charge is 0.341 e. The highest BCUT2D eigenvalue weighted by Gasteiger charge is 2.20. The number of hydrogen-bond acceptors (Lipinski definition) is 4. The summed E-state index contributed by atoms with van der Waals surface area (Å²) >= 11 is 11.7. The fourth-order valence-corrected chi connectivity index (χ4v) is 2.43. The molecule has 0 saturated heterocycles. The van der Waals surface area contributed by atoms with Crippen LogP contribution in [0.25, 0.3) is 0 Å². The van der Waals surface area contributed by atoms with Gasteiger partial charge in [-0.15, -0.1) is 0 Å². The van der Waals surface area contributed by atoms with Crippen molar-refractivity contribution in [3.05, 3.63) is 67.7 Å².